The van der Waals surface area contributed by atoms with Gasteiger partial charge in [-0.2, -0.15) is 0 Å². The normalized spacial score (nSPS) is 11.4. The van der Waals surface area contributed by atoms with Gasteiger partial charge < -0.3 is 9.52 Å². The molecule has 1 N–H and O–H groups in total. The summed E-state index contributed by atoms with van der Waals surface area (Å²) in [7, 11) is 0. The van der Waals surface area contributed by atoms with Crippen molar-refractivity contribution in [2.75, 3.05) is 0 Å². The fraction of sp³-hybridized carbons (Fsp3) is 0.250. The van der Waals surface area contributed by atoms with Crippen LogP contribution in [-0.4, -0.2) is 5.11 Å². The van der Waals surface area contributed by atoms with Gasteiger partial charge in [-0.15, -0.1) is 0 Å². The van der Waals surface area contributed by atoms with Gasteiger partial charge in [0.1, 0.15) is 17.1 Å². The average molecular weight is 343 g/mol. The number of phenols is 1. The summed E-state index contributed by atoms with van der Waals surface area (Å²) in [6.07, 6.45) is 0.587. The van der Waals surface area contributed by atoms with E-state index in [1.165, 1.54) is 0 Å². The lowest BCUT2D eigenvalue weighted by Gasteiger charge is -2.15. The molecule has 0 aliphatic rings. The first-order valence-electron chi connectivity index (χ1n) is 8.01. The molecule has 0 fully saturated rings. The maximum Gasteiger partial charge on any atom is 0.200 e. The summed E-state index contributed by atoms with van der Waals surface area (Å²) in [6, 6.07) is 10.4. The van der Waals surface area contributed by atoms with Crippen LogP contribution in [0.2, 0.25) is 5.02 Å². The van der Waals surface area contributed by atoms with Gasteiger partial charge in [-0.25, -0.2) is 0 Å². The predicted octanol–water partition coefficient (Wildman–Crippen LogP) is 5.50. The van der Waals surface area contributed by atoms with E-state index < -0.39 is 0 Å². The second kappa shape index (κ2) is 6.33. The van der Waals surface area contributed by atoms with Crippen molar-refractivity contribution in [1.29, 1.82) is 0 Å². The lowest BCUT2D eigenvalue weighted by molar-refractivity contribution is 0.463. The Morgan fingerprint density at radius 1 is 1.12 bits per heavy atom. The molecule has 24 heavy (non-hydrogen) atoms. The topological polar surface area (TPSA) is 50.4 Å². The quantitative estimate of drug-likeness (QED) is 0.683. The first-order valence-corrected chi connectivity index (χ1v) is 8.39. The summed E-state index contributed by atoms with van der Waals surface area (Å²) in [5, 5.41) is 11.2. The molecule has 1 aromatic heterocycles. The highest BCUT2D eigenvalue weighted by atomic mass is 35.5. The lowest BCUT2D eigenvalue weighted by atomic mass is 9.96. The van der Waals surface area contributed by atoms with Gasteiger partial charge in [-0.1, -0.05) is 44.5 Å². The highest BCUT2D eigenvalue weighted by Gasteiger charge is 2.20. The number of fused-ring (bicyclic) bond motifs is 1. The molecule has 4 heteroatoms. The highest BCUT2D eigenvalue weighted by molar-refractivity contribution is 6.30. The van der Waals surface area contributed by atoms with Crippen molar-refractivity contribution in [2.45, 2.75) is 33.1 Å². The first kappa shape index (κ1) is 16.6. The van der Waals surface area contributed by atoms with E-state index >= 15 is 0 Å². The fourth-order valence-corrected chi connectivity index (χ4v) is 3.08. The molecule has 3 nitrogen and oxygen atoms in total. The minimum absolute atomic E-state index is 0.0276. The molecule has 3 aromatic rings. The third-order valence-electron chi connectivity index (χ3n) is 4.18. The maximum absolute atomic E-state index is 13.1. The van der Waals surface area contributed by atoms with Crippen LogP contribution in [0.4, 0.5) is 0 Å². The monoisotopic (exact) mass is 342 g/mol. The van der Waals surface area contributed by atoms with Crippen LogP contribution >= 0.6 is 11.6 Å². The van der Waals surface area contributed by atoms with Crippen LogP contribution in [0, 0.1) is 0 Å². The molecule has 0 spiro atoms. The van der Waals surface area contributed by atoms with Gasteiger partial charge in [0, 0.05) is 16.5 Å². The zero-order valence-corrected chi connectivity index (χ0v) is 14.6. The molecule has 0 saturated carbocycles. The Balaban J connectivity index is 2.43. The van der Waals surface area contributed by atoms with E-state index in [1.807, 2.05) is 32.9 Å². The molecular weight excluding hydrogens is 324 g/mol. The minimum Gasteiger partial charge on any atom is -0.508 e. The molecule has 0 bridgehead atoms. The van der Waals surface area contributed by atoms with Crippen molar-refractivity contribution in [2.24, 2.45) is 0 Å². The summed E-state index contributed by atoms with van der Waals surface area (Å²) < 4.78 is 6.13. The number of phenolic OH excluding ortho intramolecular Hbond substituents is 1. The summed E-state index contributed by atoms with van der Waals surface area (Å²) in [4.78, 5) is 13.1. The Bertz CT molecular complexity index is 953. The van der Waals surface area contributed by atoms with E-state index in [0.717, 1.165) is 5.56 Å². The summed E-state index contributed by atoms with van der Waals surface area (Å²) in [5.41, 5.74) is 2.39. The molecule has 0 atom stereocenters. The Hall–Kier alpha value is -2.26. The number of hydrogen-bond donors (Lipinski definition) is 1. The van der Waals surface area contributed by atoms with Gasteiger partial charge in [-0.05, 0) is 36.2 Å². The molecule has 0 aliphatic carbocycles. The Morgan fingerprint density at radius 3 is 2.38 bits per heavy atom. The molecule has 0 saturated heterocycles. The fourth-order valence-electron chi connectivity index (χ4n) is 2.96. The van der Waals surface area contributed by atoms with Crippen LogP contribution in [0.3, 0.4) is 0 Å². The zero-order valence-electron chi connectivity index (χ0n) is 13.9. The van der Waals surface area contributed by atoms with E-state index in [0.29, 0.717) is 39.3 Å². The standard InChI is InChI=1S/C20H19ClO3/c1-4-14-16(22)10-9-15-18(23)17(12-5-7-13(21)8-6-12)19(11(2)3)24-20(14)15/h5-11,22H,4H2,1-3H3. The number of aryl methyl sites for hydroxylation is 1. The molecule has 0 radical (unpaired) electrons. The van der Waals surface area contributed by atoms with Crippen LogP contribution < -0.4 is 5.43 Å². The second-order valence-corrected chi connectivity index (χ2v) is 6.56. The largest absolute Gasteiger partial charge is 0.508 e. The number of rotatable bonds is 3. The van der Waals surface area contributed by atoms with Gasteiger partial charge in [-0.3, -0.25) is 4.79 Å². The molecule has 124 valence electrons. The highest BCUT2D eigenvalue weighted by Crippen LogP contribution is 2.34. The third-order valence-corrected chi connectivity index (χ3v) is 4.43. The zero-order chi connectivity index (χ0) is 17.4. The van der Waals surface area contributed by atoms with Crippen molar-refractivity contribution in [3.8, 4) is 16.9 Å². The van der Waals surface area contributed by atoms with Crippen LogP contribution in [0.25, 0.3) is 22.1 Å². The van der Waals surface area contributed by atoms with Gasteiger partial charge in [0.25, 0.3) is 0 Å². The Morgan fingerprint density at radius 2 is 1.79 bits per heavy atom. The SMILES string of the molecule is CCc1c(O)ccc2c(=O)c(-c3ccc(Cl)cc3)c(C(C)C)oc12. The Labute approximate surface area is 145 Å². The van der Waals surface area contributed by atoms with Crippen molar-refractivity contribution >= 4 is 22.6 Å². The van der Waals surface area contributed by atoms with Gasteiger partial charge in [0.2, 0.25) is 5.43 Å². The minimum atomic E-state index is -0.0861. The smallest absolute Gasteiger partial charge is 0.200 e. The number of hydrogen-bond acceptors (Lipinski definition) is 3. The first-order chi connectivity index (χ1) is 11.4. The molecule has 0 unspecified atom stereocenters. The van der Waals surface area contributed by atoms with Crippen molar-refractivity contribution in [3.63, 3.8) is 0 Å². The molecule has 1 heterocycles. The van der Waals surface area contributed by atoms with Gasteiger partial charge in [0.15, 0.2) is 0 Å². The van der Waals surface area contributed by atoms with Crippen molar-refractivity contribution in [3.05, 3.63) is 63.0 Å². The molecule has 2 aromatic carbocycles. The molecule has 0 aliphatic heterocycles. The van der Waals surface area contributed by atoms with Crippen LogP contribution in [0.1, 0.15) is 38.0 Å². The summed E-state index contributed by atoms with van der Waals surface area (Å²) >= 11 is 5.96. The molecule has 3 rings (SSSR count). The molecular formula is C20H19ClO3. The molecule has 0 amide bonds. The maximum atomic E-state index is 13.1. The van der Waals surface area contributed by atoms with E-state index in [4.69, 9.17) is 16.0 Å². The van der Waals surface area contributed by atoms with Crippen molar-refractivity contribution < 1.29 is 9.52 Å². The number of benzene rings is 2. The van der Waals surface area contributed by atoms with Crippen LogP contribution in [0.15, 0.2) is 45.6 Å². The van der Waals surface area contributed by atoms with Crippen molar-refractivity contribution in [1.82, 2.24) is 0 Å². The number of aromatic hydroxyl groups is 1. The van der Waals surface area contributed by atoms with Gasteiger partial charge >= 0.3 is 0 Å². The lowest BCUT2D eigenvalue weighted by Crippen LogP contribution is -2.11. The van der Waals surface area contributed by atoms with E-state index in [2.05, 4.69) is 0 Å². The third kappa shape index (κ3) is 2.69. The van der Waals surface area contributed by atoms with Crippen LogP contribution in [0.5, 0.6) is 5.75 Å². The average Bonchev–Trinajstić information content (AvgIpc) is 2.55. The van der Waals surface area contributed by atoms with E-state index in [9.17, 15) is 9.90 Å². The summed E-state index contributed by atoms with van der Waals surface area (Å²) in [6.45, 7) is 5.90. The predicted molar refractivity (Wildman–Crippen MR) is 98.1 cm³/mol. The van der Waals surface area contributed by atoms with Crippen LogP contribution in [-0.2, 0) is 6.42 Å². The second-order valence-electron chi connectivity index (χ2n) is 6.13. The Kier molecular flexibility index (Phi) is 4.37. The summed E-state index contributed by atoms with van der Waals surface area (Å²) in [5.74, 6) is 0.803. The van der Waals surface area contributed by atoms with E-state index in [1.54, 1.807) is 24.3 Å². The number of halogens is 1. The van der Waals surface area contributed by atoms with E-state index in [-0.39, 0.29) is 17.1 Å². The van der Waals surface area contributed by atoms with Gasteiger partial charge in [0.05, 0.1) is 10.9 Å².